The number of fused-ring (bicyclic) bond motifs is 1. The highest BCUT2D eigenvalue weighted by Gasteiger charge is 2.28. The fourth-order valence-electron chi connectivity index (χ4n) is 6.56. The number of nitrogens with zero attached hydrogens (tertiary/aromatic N) is 6. The SMILES string of the molecule is CN1CC=C(c2cc(C(=O)N3CCC(Nc4ncc(Cl)c(-c5cn(S(=O)(=O)c6ccccc6)c6ccccc56)n4)CC3)ccc2[N+](=O)[O-])CC1. The number of halogens is 1. The smallest absolute Gasteiger partial charge is 0.276 e. The molecule has 0 spiro atoms. The molecule has 7 rings (SSSR count). The molecule has 5 aromatic rings. The molecule has 1 fully saturated rings. The van der Waals surface area contributed by atoms with Crippen LogP contribution >= 0.6 is 11.6 Å². The fraction of sp³-hybridized carbons (Fsp3) is 0.250. The molecule has 0 atom stereocenters. The Labute approximate surface area is 294 Å². The number of nitrogens with one attached hydrogen (secondary N) is 1. The summed E-state index contributed by atoms with van der Waals surface area (Å²) in [5, 5.41) is 16.1. The summed E-state index contributed by atoms with van der Waals surface area (Å²) in [5.41, 5.74) is 3.26. The second-order valence-corrected chi connectivity index (χ2v) is 14.7. The first kappa shape index (κ1) is 33.4. The Hall–Kier alpha value is -5.11. The number of anilines is 1. The van der Waals surface area contributed by atoms with Crippen molar-refractivity contribution in [3.8, 4) is 11.3 Å². The number of amides is 1. The van der Waals surface area contributed by atoms with Gasteiger partial charge in [0.15, 0.2) is 0 Å². The van der Waals surface area contributed by atoms with E-state index in [9.17, 15) is 23.3 Å². The first-order chi connectivity index (χ1) is 24.1. The topological polar surface area (TPSA) is 144 Å². The number of nitro groups is 1. The summed E-state index contributed by atoms with van der Waals surface area (Å²) in [4.78, 5) is 38.2. The van der Waals surface area contributed by atoms with E-state index in [1.54, 1.807) is 59.6 Å². The van der Waals surface area contributed by atoms with E-state index in [1.165, 1.54) is 22.3 Å². The van der Waals surface area contributed by atoms with Crippen molar-refractivity contribution in [1.82, 2.24) is 23.7 Å². The summed E-state index contributed by atoms with van der Waals surface area (Å²) < 4.78 is 28.5. The molecule has 1 saturated heterocycles. The van der Waals surface area contributed by atoms with Crippen LogP contribution in [0, 0.1) is 10.1 Å². The maximum absolute atomic E-state index is 13.6. The van der Waals surface area contributed by atoms with Gasteiger partial charge in [-0.25, -0.2) is 22.4 Å². The number of carbonyl (C=O) groups is 1. The number of rotatable bonds is 8. The predicted octanol–water partition coefficient (Wildman–Crippen LogP) is 6.33. The highest BCUT2D eigenvalue weighted by molar-refractivity contribution is 7.90. The minimum absolute atomic E-state index is 0.00461. The highest BCUT2D eigenvalue weighted by atomic mass is 35.5. The van der Waals surface area contributed by atoms with Crippen LogP contribution in [0.5, 0.6) is 0 Å². The molecule has 0 saturated carbocycles. The second kappa shape index (κ2) is 13.7. The quantitative estimate of drug-likeness (QED) is 0.144. The Morgan fingerprint density at radius 3 is 2.46 bits per heavy atom. The minimum Gasteiger partial charge on any atom is -0.351 e. The Kier molecular flexibility index (Phi) is 9.12. The second-order valence-electron chi connectivity index (χ2n) is 12.5. The van der Waals surface area contributed by atoms with Crippen LogP contribution in [0.4, 0.5) is 11.6 Å². The van der Waals surface area contributed by atoms with Crippen molar-refractivity contribution in [2.24, 2.45) is 0 Å². The molecule has 2 aliphatic rings. The van der Waals surface area contributed by atoms with Crippen molar-refractivity contribution >= 4 is 55.6 Å². The lowest BCUT2D eigenvalue weighted by atomic mass is 9.95. The molecule has 0 radical (unpaired) electrons. The Balaban J connectivity index is 1.08. The average molecular weight is 712 g/mol. The summed E-state index contributed by atoms with van der Waals surface area (Å²) in [7, 11) is -1.90. The summed E-state index contributed by atoms with van der Waals surface area (Å²) in [6.45, 7) is 2.44. The van der Waals surface area contributed by atoms with Crippen molar-refractivity contribution in [3.63, 3.8) is 0 Å². The number of carbonyl (C=O) groups excluding carboxylic acids is 1. The molecule has 14 heteroatoms. The van der Waals surface area contributed by atoms with Gasteiger partial charge in [0.05, 0.1) is 37.8 Å². The summed E-state index contributed by atoms with van der Waals surface area (Å²) >= 11 is 6.62. The third-order valence-electron chi connectivity index (χ3n) is 9.29. The number of para-hydroxylation sites is 1. The summed E-state index contributed by atoms with van der Waals surface area (Å²) in [5.74, 6) is 0.170. The maximum Gasteiger partial charge on any atom is 0.276 e. The van der Waals surface area contributed by atoms with Crippen molar-refractivity contribution < 1.29 is 18.1 Å². The largest absolute Gasteiger partial charge is 0.351 e. The molecule has 0 unspecified atom stereocenters. The van der Waals surface area contributed by atoms with Crippen molar-refractivity contribution in [2.45, 2.75) is 30.2 Å². The number of nitro benzene ring substituents is 1. The first-order valence-corrected chi connectivity index (χ1v) is 18.1. The van der Waals surface area contributed by atoms with Crippen LogP contribution in [0.15, 0.2) is 96.2 Å². The molecule has 2 aliphatic heterocycles. The van der Waals surface area contributed by atoms with Gasteiger partial charge < -0.3 is 15.1 Å². The highest BCUT2D eigenvalue weighted by Crippen LogP contribution is 2.36. The maximum atomic E-state index is 13.6. The van der Waals surface area contributed by atoms with Gasteiger partial charge in [-0.05, 0) is 62.2 Å². The predicted molar refractivity (Wildman–Crippen MR) is 193 cm³/mol. The first-order valence-electron chi connectivity index (χ1n) is 16.3. The van der Waals surface area contributed by atoms with E-state index in [2.05, 4.69) is 15.2 Å². The van der Waals surface area contributed by atoms with Gasteiger partial charge in [0.2, 0.25) is 5.95 Å². The molecule has 256 valence electrons. The van der Waals surface area contributed by atoms with Gasteiger partial charge in [0.1, 0.15) is 0 Å². The minimum atomic E-state index is -3.90. The number of likely N-dealkylation sites (tertiary alicyclic amines) is 1. The lowest BCUT2D eigenvalue weighted by Gasteiger charge is -2.32. The van der Waals surface area contributed by atoms with E-state index in [4.69, 9.17) is 16.6 Å². The van der Waals surface area contributed by atoms with Crippen molar-refractivity contribution in [3.05, 3.63) is 118 Å². The number of piperidine rings is 1. The lowest BCUT2D eigenvalue weighted by molar-refractivity contribution is -0.385. The van der Waals surface area contributed by atoms with Crippen LogP contribution in [-0.4, -0.2) is 82.3 Å². The zero-order chi connectivity index (χ0) is 35.0. The van der Waals surface area contributed by atoms with Gasteiger partial charge in [-0.3, -0.25) is 14.9 Å². The third-order valence-corrected chi connectivity index (χ3v) is 11.3. The van der Waals surface area contributed by atoms with E-state index in [-0.39, 0.29) is 27.6 Å². The molecule has 1 amide bonds. The number of likely N-dealkylation sites (N-methyl/N-ethyl adjacent to an activating group) is 1. The Morgan fingerprint density at radius 2 is 1.74 bits per heavy atom. The van der Waals surface area contributed by atoms with Crippen LogP contribution < -0.4 is 5.32 Å². The molecule has 4 heterocycles. The van der Waals surface area contributed by atoms with Gasteiger partial charge >= 0.3 is 0 Å². The standard InChI is InChI=1S/C36H34ClN7O5S/c1-41-17-13-24(14-18-41)29-21-25(11-12-33(29)44(46)47)35(45)42-19-15-26(16-20-42)39-36-38-22-31(37)34(40-36)30-23-43(32-10-6-5-9-28(30)32)50(48,49)27-7-3-2-4-8-27/h2-13,21-23,26H,14-20H2,1H3,(H,38,39,40). The molecule has 3 aromatic carbocycles. The van der Waals surface area contributed by atoms with E-state index in [1.807, 2.05) is 25.3 Å². The number of hydrogen-bond acceptors (Lipinski definition) is 9. The van der Waals surface area contributed by atoms with Crippen LogP contribution in [0.2, 0.25) is 5.02 Å². The third kappa shape index (κ3) is 6.47. The van der Waals surface area contributed by atoms with Crippen molar-refractivity contribution in [1.29, 1.82) is 0 Å². The van der Waals surface area contributed by atoms with Gasteiger partial charge in [-0.2, -0.15) is 0 Å². The molecule has 0 bridgehead atoms. The molecule has 0 aliphatic carbocycles. The molecular weight excluding hydrogens is 678 g/mol. The normalized spacial score (nSPS) is 16.0. The molecule has 50 heavy (non-hydrogen) atoms. The zero-order valence-electron chi connectivity index (χ0n) is 27.2. The molecule has 12 nitrogen and oxygen atoms in total. The monoisotopic (exact) mass is 711 g/mol. The van der Waals surface area contributed by atoms with Crippen LogP contribution in [0.3, 0.4) is 0 Å². The lowest BCUT2D eigenvalue weighted by Crippen LogP contribution is -2.42. The fourth-order valence-corrected chi connectivity index (χ4v) is 8.15. The van der Waals surface area contributed by atoms with Gasteiger partial charge in [0.25, 0.3) is 21.6 Å². The van der Waals surface area contributed by atoms with E-state index in [0.717, 1.165) is 12.1 Å². The molecule has 1 N–H and O–H groups in total. The molecule has 2 aromatic heterocycles. The van der Waals surface area contributed by atoms with Crippen LogP contribution in [0.25, 0.3) is 27.7 Å². The van der Waals surface area contributed by atoms with E-state index in [0.29, 0.717) is 78.1 Å². The van der Waals surface area contributed by atoms with E-state index >= 15 is 0 Å². The van der Waals surface area contributed by atoms with Crippen molar-refractivity contribution in [2.75, 3.05) is 38.5 Å². The van der Waals surface area contributed by atoms with Gasteiger partial charge in [0, 0.05) is 61.0 Å². The average Bonchev–Trinajstić information content (AvgIpc) is 3.53. The number of benzene rings is 3. The Bertz CT molecular complexity index is 2250. The van der Waals surface area contributed by atoms with Gasteiger partial charge in [-0.1, -0.05) is 54.1 Å². The van der Waals surface area contributed by atoms with E-state index < -0.39 is 14.9 Å². The van der Waals surface area contributed by atoms with Crippen LogP contribution in [0.1, 0.15) is 35.2 Å². The summed E-state index contributed by atoms with van der Waals surface area (Å²) in [6.07, 6.45) is 6.95. The Morgan fingerprint density at radius 1 is 1.00 bits per heavy atom. The number of hydrogen-bond donors (Lipinski definition) is 1. The van der Waals surface area contributed by atoms with Crippen LogP contribution in [-0.2, 0) is 10.0 Å². The number of aromatic nitrogens is 3. The summed E-state index contributed by atoms with van der Waals surface area (Å²) in [6, 6.07) is 20.0. The zero-order valence-corrected chi connectivity index (χ0v) is 28.8. The van der Waals surface area contributed by atoms with Gasteiger partial charge in [-0.15, -0.1) is 0 Å². The molecular formula is C36H34ClN7O5S.